The van der Waals surface area contributed by atoms with Gasteiger partial charge in [0.15, 0.2) is 5.13 Å². The van der Waals surface area contributed by atoms with Gasteiger partial charge in [0.25, 0.3) is 0 Å². The molecule has 2 aliphatic rings. The Morgan fingerprint density at radius 1 is 1.41 bits per heavy atom. The zero-order chi connectivity index (χ0) is 11.7. The number of urea groups is 1. The predicted octanol–water partition coefficient (Wildman–Crippen LogP) is 1.42. The Balaban J connectivity index is 1.68. The maximum Gasteiger partial charge on any atom is 0.323 e. The van der Waals surface area contributed by atoms with Crippen molar-refractivity contribution in [2.75, 3.05) is 25.0 Å². The van der Waals surface area contributed by atoms with Crippen molar-refractivity contribution in [1.29, 1.82) is 0 Å². The second kappa shape index (κ2) is 4.62. The first-order valence-electron chi connectivity index (χ1n) is 6.08. The molecule has 1 aromatic rings. The Morgan fingerprint density at radius 3 is 3.00 bits per heavy atom. The third-order valence-corrected chi connectivity index (χ3v) is 4.22. The fourth-order valence-corrected chi connectivity index (χ4v) is 3.24. The molecule has 0 saturated carbocycles. The molecular formula is C11H16N4OS. The van der Waals surface area contributed by atoms with Crippen LogP contribution >= 0.6 is 11.3 Å². The highest BCUT2D eigenvalue weighted by molar-refractivity contribution is 7.15. The topological polar surface area (TPSA) is 57.3 Å². The van der Waals surface area contributed by atoms with Crippen LogP contribution in [0.3, 0.4) is 0 Å². The molecule has 17 heavy (non-hydrogen) atoms. The maximum absolute atomic E-state index is 11.9. The minimum Gasteiger partial charge on any atom is -0.324 e. The highest BCUT2D eigenvalue weighted by atomic mass is 32.1. The molecule has 2 aliphatic heterocycles. The largest absolute Gasteiger partial charge is 0.324 e. The van der Waals surface area contributed by atoms with E-state index in [-0.39, 0.29) is 6.03 Å². The molecule has 2 amide bonds. The molecule has 0 unspecified atom stereocenters. The molecule has 0 radical (unpaired) electrons. The SMILES string of the molecule is O=C(Nc1nc2c(s1)CNCC2)N1CCCC1. The van der Waals surface area contributed by atoms with Crippen LogP contribution in [0, 0.1) is 0 Å². The number of hydrogen-bond acceptors (Lipinski definition) is 4. The zero-order valence-corrected chi connectivity index (χ0v) is 10.5. The Labute approximate surface area is 104 Å². The van der Waals surface area contributed by atoms with Crippen LogP contribution in [0.25, 0.3) is 0 Å². The Kier molecular flexibility index (Phi) is 2.98. The van der Waals surface area contributed by atoms with Crippen molar-refractivity contribution in [2.24, 2.45) is 0 Å². The van der Waals surface area contributed by atoms with E-state index in [1.54, 1.807) is 11.3 Å². The fraction of sp³-hybridized carbons (Fsp3) is 0.636. The lowest BCUT2D eigenvalue weighted by molar-refractivity contribution is 0.222. The minimum atomic E-state index is 0.00144. The monoisotopic (exact) mass is 252 g/mol. The quantitative estimate of drug-likeness (QED) is 0.794. The molecule has 0 aliphatic carbocycles. The van der Waals surface area contributed by atoms with E-state index in [0.29, 0.717) is 0 Å². The number of hydrogen-bond donors (Lipinski definition) is 2. The second-order valence-corrected chi connectivity index (χ2v) is 5.52. The van der Waals surface area contributed by atoms with Gasteiger partial charge in [-0.1, -0.05) is 0 Å². The molecule has 1 aromatic heterocycles. The third-order valence-electron chi connectivity index (χ3n) is 3.21. The van der Waals surface area contributed by atoms with Crippen LogP contribution in [0.5, 0.6) is 0 Å². The number of rotatable bonds is 1. The Bertz CT molecular complexity index is 402. The Morgan fingerprint density at radius 2 is 2.24 bits per heavy atom. The van der Waals surface area contributed by atoms with Crippen LogP contribution in [0.15, 0.2) is 0 Å². The van der Waals surface area contributed by atoms with Crippen LogP contribution in [-0.4, -0.2) is 35.5 Å². The molecule has 3 heterocycles. The Hall–Kier alpha value is -1.14. The lowest BCUT2D eigenvalue weighted by Crippen LogP contribution is -2.32. The van der Waals surface area contributed by atoms with E-state index in [9.17, 15) is 4.79 Å². The number of anilines is 1. The normalized spacial score (nSPS) is 19.2. The first-order chi connectivity index (χ1) is 8.33. The number of aromatic nitrogens is 1. The summed E-state index contributed by atoms with van der Waals surface area (Å²) < 4.78 is 0. The summed E-state index contributed by atoms with van der Waals surface area (Å²) in [6, 6.07) is 0.00144. The van der Waals surface area contributed by atoms with Crippen molar-refractivity contribution in [3.8, 4) is 0 Å². The molecule has 3 rings (SSSR count). The van der Waals surface area contributed by atoms with E-state index >= 15 is 0 Å². The van der Waals surface area contributed by atoms with Crippen LogP contribution < -0.4 is 10.6 Å². The number of carbonyl (C=O) groups is 1. The number of nitrogens with zero attached hydrogens (tertiary/aromatic N) is 2. The second-order valence-electron chi connectivity index (χ2n) is 4.44. The van der Waals surface area contributed by atoms with E-state index in [1.165, 1.54) is 4.88 Å². The van der Waals surface area contributed by atoms with E-state index in [1.807, 2.05) is 4.90 Å². The fourth-order valence-electron chi connectivity index (χ4n) is 2.27. The number of thiazole rings is 1. The summed E-state index contributed by atoms with van der Waals surface area (Å²) in [4.78, 5) is 19.5. The molecule has 6 heteroatoms. The van der Waals surface area contributed by atoms with Gasteiger partial charge in [0, 0.05) is 37.5 Å². The molecule has 5 nitrogen and oxygen atoms in total. The van der Waals surface area contributed by atoms with E-state index in [2.05, 4.69) is 15.6 Å². The van der Waals surface area contributed by atoms with Gasteiger partial charge in [0.2, 0.25) is 0 Å². The predicted molar refractivity (Wildman–Crippen MR) is 67.4 cm³/mol. The van der Waals surface area contributed by atoms with Crippen molar-refractivity contribution in [2.45, 2.75) is 25.8 Å². The van der Waals surface area contributed by atoms with Crippen LogP contribution in [-0.2, 0) is 13.0 Å². The summed E-state index contributed by atoms with van der Waals surface area (Å²) in [6.45, 7) is 3.61. The lowest BCUT2D eigenvalue weighted by Gasteiger charge is -2.14. The standard InChI is InChI=1S/C11H16N4OS/c16-11(15-5-1-2-6-15)14-10-13-8-3-4-12-7-9(8)17-10/h12H,1-7H2,(H,13,14,16). The van der Waals surface area contributed by atoms with Crippen LogP contribution in [0.2, 0.25) is 0 Å². The third kappa shape index (κ3) is 2.28. The van der Waals surface area contributed by atoms with E-state index in [0.717, 1.165) is 56.3 Å². The average Bonchev–Trinajstić information content (AvgIpc) is 2.97. The van der Waals surface area contributed by atoms with Crippen LogP contribution in [0.4, 0.5) is 9.93 Å². The molecule has 0 aromatic carbocycles. The summed E-state index contributed by atoms with van der Waals surface area (Å²) in [5.41, 5.74) is 1.14. The number of likely N-dealkylation sites (tertiary alicyclic amines) is 1. The maximum atomic E-state index is 11.9. The van der Waals surface area contributed by atoms with Gasteiger partial charge in [-0.05, 0) is 12.8 Å². The summed E-state index contributed by atoms with van der Waals surface area (Å²) >= 11 is 1.59. The number of carbonyl (C=O) groups excluding carboxylic acids is 1. The average molecular weight is 252 g/mol. The minimum absolute atomic E-state index is 0.00144. The lowest BCUT2D eigenvalue weighted by atomic mass is 10.2. The smallest absolute Gasteiger partial charge is 0.323 e. The summed E-state index contributed by atoms with van der Waals surface area (Å²) in [7, 11) is 0. The van der Waals surface area contributed by atoms with Gasteiger partial charge in [-0.25, -0.2) is 9.78 Å². The molecule has 92 valence electrons. The molecular weight excluding hydrogens is 236 g/mol. The van der Waals surface area contributed by atoms with E-state index in [4.69, 9.17) is 0 Å². The number of amides is 2. The number of fused-ring (bicyclic) bond motifs is 1. The molecule has 1 fully saturated rings. The molecule has 2 N–H and O–H groups in total. The van der Waals surface area contributed by atoms with Gasteiger partial charge < -0.3 is 10.2 Å². The molecule has 0 bridgehead atoms. The van der Waals surface area contributed by atoms with Gasteiger partial charge in [0.1, 0.15) is 0 Å². The van der Waals surface area contributed by atoms with Gasteiger partial charge in [-0.2, -0.15) is 0 Å². The van der Waals surface area contributed by atoms with Crippen molar-refractivity contribution < 1.29 is 4.79 Å². The van der Waals surface area contributed by atoms with E-state index < -0.39 is 0 Å². The first-order valence-corrected chi connectivity index (χ1v) is 6.90. The van der Waals surface area contributed by atoms with Gasteiger partial charge in [-0.15, -0.1) is 11.3 Å². The first kappa shape index (κ1) is 11.0. The molecule has 0 atom stereocenters. The highest BCUT2D eigenvalue weighted by Crippen LogP contribution is 2.25. The molecule has 0 spiro atoms. The zero-order valence-electron chi connectivity index (χ0n) is 9.66. The number of nitrogens with one attached hydrogen (secondary N) is 2. The van der Waals surface area contributed by atoms with Crippen molar-refractivity contribution >= 4 is 22.5 Å². The summed E-state index contributed by atoms with van der Waals surface area (Å²) in [5.74, 6) is 0. The van der Waals surface area contributed by atoms with Gasteiger partial charge >= 0.3 is 6.03 Å². The summed E-state index contributed by atoms with van der Waals surface area (Å²) in [5, 5.41) is 6.96. The van der Waals surface area contributed by atoms with Gasteiger partial charge in [-0.3, -0.25) is 5.32 Å². The summed E-state index contributed by atoms with van der Waals surface area (Å²) in [6.07, 6.45) is 3.20. The van der Waals surface area contributed by atoms with Crippen molar-refractivity contribution in [1.82, 2.24) is 15.2 Å². The van der Waals surface area contributed by atoms with Crippen LogP contribution in [0.1, 0.15) is 23.4 Å². The van der Waals surface area contributed by atoms with Crippen molar-refractivity contribution in [3.05, 3.63) is 10.6 Å². The van der Waals surface area contributed by atoms with Gasteiger partial charge in [0.05, 0.1) is 5.69 Å². The van der Waals surface area contributed by atoms with Crippen molar-refractivity contribution in [3.63, 3.8) is 0 Å². The molecule has 1 saturated heterocycles. The highest BCUT2D eigenvalue weighted by Gasteiger charge is 2.20.